The average molecular weight is 297 g/mol. The molecule has 0 aliphatic heterocycles. The van der Waals surface area contributed by atoms with E-state index in [1.54, 1.807) is 0 Å². The molecule has 2 nitrogen and oxygen atoms in total. The molecule has 0 bridgehead atoms. The zero-order chi connectivity index (χ0) is 15.9. The fraction of sp³-hybridized carbons (Fsp3) is 0.400. The van der Waals surface area contributed by atoms with E-state index in [4.69, 9.17) is 0 Å². The normalized spacial score (nSPS) is 12.6. The molecule has 0 saturated carbocycles. The van der Waals surface area contributed by atoms with E-state index < -0.39 is 6.10 Å². The Hall–Kier alpha value is -1.64. The standard InChI is InChI=1S/C20H27NO/c1-4-12-21(14-19-11-10-16(2)13-17(19)3)15-20(22)18-8-6-5-7-9-18/h5-11,13,20,22H,4,12,14-15H2,1-3H3/t20-/m0/s1. The zero-order valence-corrected chi connectivity index (χ0v) is 13.9. The van der Waals surface area contributed by atoms with Crippen molar-refractivity contribution in [1.29, 1.82) is 0 Å². The molecule has 0 amide bonds. The van der Waals surface area contributed by atoms with Crippen LogP contribution in [0.2, 0.25) is 0 Å². The largest absolute Gasteiger partial charge is 0.387 e. The number of benzene rings is 2. The fourth-order valence-electron chi connectivity index (χ4n) is 2.84. The van der Waals surface area contributed by atoms with E-state index in [1.807, 2.05) is 30.3 Å². The van der Waals surface area contributed by atoms with Gasteiger partial charge in [-0.05, 0) is 43.5 Å². The quantitative estimate of drug-likeness (QED) is 0.826. The molecule has 0 saturated heterocycles. The molecule has 22 heavy (non-hydrogen) atoms. The highest BCUT2D eigenvalue weighted by molar-refractivity contribution is 5.30. The molecule has 2 aromatic rings. The van der Waals surface area contributed by atoms with Crippen molar-refractivity contribution in [2.75, 3.05) is 13.1 Å². The molecule has 0 unspecified atom stereocenters. The summed E-state index contributed by atoms with van der Waals surface area (Å²) in [6, 6.07) is 16.5. The van der Waals surface area contributed by atoms with Crippen LogP contribution in [0.3, 0.4) is 0 Å². The summed E-state index contributed by atoms with van der Waals surface area (Å²) in [5.74, 6) is 0. The highest BCUT2D eigenvalue weighted by Gasteiger charge is 2.14. The highest BCUT2D eigenvalue weighted by Crippen LogP contribution is 2.18. The van der Waals surface area contributed by atoms with E-state index in [0.717, 1.165) is 25.1 Å². The van der Waals surface area contributed by atoms with Crippen molar-refractivity contribution in [1.82, 2.24) is 4.90 Å². The Morgan fingerprint density at radius 1 is 1.05 bits per heavy atom. The monoisotopic (exact) mass is 297 g/mol. The van der Waals surface area contributed by atoms with Crippen LogP contribution in [0.5, 0.6) is 0 Å². The van der Waals surface area contributed by atoms with Crippen LogP contribution in [0, 0.1) is 13.8 Å². The van der Waals surface area contributed by atoms with E-state index in [9.17, 15) is 5.11 Å². The Morgan fingerprint density at radius 3 is 2.41 bits per heavy atom. The van der Waals surface area contributed by atoms with Crippen LogP contribution in [0.4, 0.5) is 0 Å². The molecule has 118 valence electrons. The van der Waals surface area contributed by atoms with Crippen LogP contribution in [-0.2, 0) is 6.54 Å². The van der Waals surface area contributed by atoms with Gasteiger partial charge in [-0.3, -0.25) is 4.90 Å². The molecule has 0 aromatic heterocycles. The van der Waals surface area contributed by atoms with Gasteiger partial charge < -0.3 is 5.11 Å². The fourth-order valence-corrected chi connectivity index (χ4v) is 2.84. The van der Waals surface area contributed by atoms with Crippen LogP contribution in [0.25, 0.3) is 0 Å². The second-order valence-electron chi connectivity index (χ2n) is 6.09. The van der Waals surface area contributed by atoms with Gasteiger partial charge in [-0.15, -0.1) is 0 Å². The maximum absolute atomic E-state index is 10.5. The van der Waals surface area contributed by atoms with Gasteiger partial charge in [-0.2, -0.15) is 0 Å². The van der Waals surface area contributed by atoms with E-state index in [-0.39, 0.29) is 0 Å². The van der Waals surface area contributed by atoms with Gasteiger partial charge in [0.15, 0.2) is 0 Å². The Bertz CT molecular complexity index is 580. The Labute approximate surface area is 134 Å². The molecule has 2 rings (SSSR count). The lowest BCUT2D eigenvalue weighted by atomic mass is 10.0. The summed E-state index contributed by atoms with van der Waals surface area (Å²) in [4.78, 5) is 2.34. The zero-order valence-electron chi connectivity index (χ0n) is 13.9. The van der Waals surface area contributed by atoms with Crippen molar-refractivity contribution in [2.24, 2.45) is 0 Å². The summed E-state index contributed by atoms with van der Waals surface area (Å²) in [6.07, 6.45) is 0.658. The van der Waals surface area contributed by atoms with E-state index >= 15 is 0 Å². The summed E-state index contributed by atoms with van der Waals surface area (Å²) in [5, 5.41) is 10.5. The Balaban J connectivity index is 2.06. The first-order valence-electron chi connectivity index (χ1n) is 8.11. The maximum atomic E-state index is 10.5. The van der Waals surface area contributed by atoms with Crippen molar-refractivity contribution in [3.05, 3.63) is 70.8 Å². The van der Waals surface area contributed by atoms with Crippen LogP contribution >= 0.6 is 0 Å². The number of aliphatic hydroxyl groups is 1. The lowest BCUT2D eigenvalue weighted by molar-refractivity contribution is 0.109. The number of rotatable bonds is 7. The average Bonchev–Trinajstić information content (AvgIpc) is 2.51. The van der Waals surface area contributed by atoms with Crippen molar-refractivity contribution < 1.29 is 5.11 Å². The molecule has 0 aliphatic rings. The lowest BCUT2D eigenvalue weighted by Gasteiger charge is -2.25. The molecule has 0 radical (unpaired) electrons. The third-order valence-electron chi connectivity index (χ3n) is 4.05. The molecule has 1 N–H and O–H groups in total. The van der Waals surface area contributed by atoms with Crippen molar-refractivity contribution >= 4 is 0 Å². The van der Waals surface area contributed by atoms with Gasteiger partial charge in [0, 0.05) is 13.1 Å². The van der Waals surface area contributed by atoms with E-state index in [1.165, 1.54) is 16.7 Å². The van der Waals surface area contributed by atoms with Gasteiger partial charge in [0.05, 0.1) is 6.10 Å². The van der Waals surface area contributed by atoms with Gasteiger partial charge >= 0.3 is 0 Å². The third-order valence-corrected chi connectivity index (χ3v) is 4.05. The second kappa shape index (κ2) is 8.11. The number of hydrogen-bond acceptors (Lipinski definition) is 2. The molecule has 0 spiro atoms. The van der Waals surface area contributed by atoms with Gasteiger partial charge in [-0.1, -0.05) is 61.0 Å². The van der Waals surface area contributed by atoms with Crippen LogP contribution in [0.1, 0.15) is 41.7 Å². The summed E-state index contributed by atoms with van der Waals surface area (Å²) in [6.45, 7) is 9.04. The number of nitrogens with zero attached hydrogens (tertiary/aromatic N) is 1. The van der Waals surface area contributed by atoms with Gasteiger partial charge in [0.25, 0.3) is 0 Å². The van der Waals surface area contributed by atoms with Crippen molar-refractivity contribution in [3.8, 4) is 0 Å². The number of aliphatic hydroxyl groups excluding tert-OH is 1. The lowest BCUT2D eigenvalue weighted by Crippen LogP contribution is -2.29. The van der Waals surface area contributed by atoms with E-state index in [0.29, 0.717) is 6.54 Å². The smallest absolute Gasteiger partial charge is 0.0917 e. The van der Waals surface area contributed by atoms with Crippen LogP contribution in [-0.4, -0.2) is 23.1 Å². The topological polar surface area (TPSA) is 23.5 Å². The first kappa shape index (κ1) is 16.7. The molecular formula is C20H27NO. The highest BCUT2D eigenvalue weighted by atomic mass is 16.3. The predicted molar refractivity (Wildman–Crippen MR) is 92.9 cm³/mol. The van der Waals surface area contributed by atoms with E-state index in [2.05, 4.69) is 43.9 Å². The molecule has 0 aliphatic carbocycles. The summed E-state index contributed by atoms with van der Waals surface area (Å²) in [7, 11) is 0. The maximum Gasteiger partial charge on any atom is 0.0917 e. The molecule has 0 heterocycles. The molecular weight excluding hydrogens is 270 g/mol. The van der Waals surface area contributed by atoms with Crippen LogP contribution in [0.15, 0.2) is 48.5 Å². The van der Waals surface area contributed by atoms with Gasteiger partial charge in [0.2, 0.25) is 0 Å². The minimum absolute atomic E-state index is 0.432. The summed E-state index contributed by atoms with van der Waals surface area (Å²) in [5.41, 5.74) is 4.96. The van der Waals surface area contributed by atoms with Crippen molar-refractivity contribution in [3.63, 3.8) is 0 Å². The third kappa shape index (κ3) is 4.69. The Kier molecular flexibility index (Phi) is 6.17. The van der Waals surface area contributed by atoms with Gasteiger partial charge in [0.1, 0.15) is 0 Å². The molecule has 2 heteroatoms. The van der Waals surface area contributed by atoms with Crippen molar-refractivity contribution in [2.45, 2.75) is 39.8 Å². The Morgan fingerprint density at radius 2 is 1.77 bits per heavy atom. The SMILES string of the molecule is CCCN(Cc1ccc(C)cc1C)C[C@H](O)c1ccccc1. The molecule has 2 aromatic carbocycles. The summed E-state index contributed by atoms with van der Waals surface area (Å²) < 4.78 is 0. The van der Waals surface area contributed by atoms with Gasteiger partial charge in [-0.25, -0.2) is 0 Å². The number of aryl methyl sites for hydroxylation is 2. The first-order valence-corrected chi connectivity index (χ1v) is 8.11. The predicted octanol–water partition coefficient (Wildman–Crippen LogP) is 4.25. The minimum atomic E-state index is -0.432. The van der Waals surface area contributed by atoms with Crippen LogP contribution < -0.4 is 0 Å². The first-order chi connectivity index (χ1) is 10.6. The molecule has 0 fully saturated rings. The summed E-state index contributed by atoms with van der Waals surface area (Å²) >= 11 is 0. The minimum Gasteiger partial charge on any atom is -0.387 e. The number of hydrogen-bond donors (Lipinski definition) is 1. The second-order valence-corrected chi connectivity index (χ2v) is 6.09. The molecule has 1 atom stereocenters.